The molecular weight excluding hydrogens is 222 g/mol. The van der Waals surface area contributed by atoms with Crippen molar-refractivity contribution in [3.8, 4) is 0 Å². The number of hydrogen-bond acceptors (Lipinski definition) is 2. The third-order valence-electron chi connectivity index (χ3n) is 4.16. The number of rotatable bonds is 3. The molecule has 0 spiro atoms. The number of fused-ring (bicyclic) bond motifs is 1. The van der Waals surface area contributed by atoms with Crippen molar-refractivity contribution in [2.24, 2.45) is 5.92 Å². The molecule has 1 heterocycles. The predicted molar refractivity (Wildman–Crippen MR) is 74.6 cm³/mol. The molecule has 1 aromatic carbocycles. The quantitative estimate of drug-likeness (QED) is 0.880. The van der Waals surface area contributed by atoms with Gasteiger partial charge in [-0.1, -0.05) is 25.1 Å². The molecule has 3 rings (SSSR count). The third-order valence-corrected chi connectivity index (χ3v) is 4.16. The molecule has 0 radical (unpaired) electrons. The van der Waals surface area contributed by atoms with Crippen LogP contribution in [0.4, 0.5) is 0 Å². The second-order valence-electron chi connectivity index (χ2n) is 5.63. The first kappa shape index (κ1) is 11.8. The van der Waals surface area contributed by atoms with Crippen LogP contribution in [0.1, 0.15) is 37.5 Å². The molecule has 1 fully saturated rings. The lowest BCUT2D eigenvalue weighted by atomic mass is 10.1. The largest absolute Gasteiger partial charge is 0.461 e. The first-order valence-corrected chi connectivity index (χ1v) is 6.94. The van der Waals surface area contributed by atoms with Gasteiger partial charge in [0.25, 0.3) is 0 Å². The molecule has 0 aliphatic heterocycles. The number of benzene rings is 1. The van der Waals surface area contributed by atoms with Crippen LogP contribution >= 0.6 is 0 Å². The van der Waals surface area contributed by atoms with Gasteiger partial charge < -0.3 is 9.73 Å². The summed E-state index contributed by atoms with van der Waals surface area (Å²) in [4.78, 5) is 0. The van der Waals surface area contributed by atoms with Crippen LogP contribution in [0.15, 0.2) is 28.7 Å². The highest BCUT2D eigenvalue weighted by Gasteiger charge is 2.21. The maximum absolute atomic E-state index is 5.80. The minimum absolute atomic E-state index is 0.688. The van der Waals surface area contributed by atoms with E-state index in [4.69, 9.17) is 4.42 Å². The van der Waals surface area contributed by atoms with Crippen LogP contribution in [0.3, 0.4) is 0 Å². The Kier molecular flexibility index (Phi) is 3.13. The first-order valence-electron chi connectivity index (χ1n) is 6.94. The van der Waals surface area contributed by atoms with Gasteiger partial charge in [0.15, 0.2) is 0 Å². The molecule has 96 valence electrons. The summed E-state index contributed by atoms with van der Waals surface area (Å²) in [7, 11) is 0. The van der Waals surface area contributed by atoms with E-state index in [0.29, 0.717) is 6.04 Å². The molecule has 1 aromatic heterocycles. The Balaban J connectivity index is 1.76. The number of furan rings is 1. The van der Waals surface area contributed by atoms with Crippen LogP contribution in [-0.2, 0) is 6.54 Å². The zero-order valence-electron chi connectivity index (χ0n) is 11.2. The summed E-state index contributed by atoms with van der Waals surface area (Å²) in [5.74, 6) is 1.93. The van der Waals surface area contributed by atoms with Gasteiger partial charge in [0.1, 0.15) is 11.3 Å². The molecule has 1 saturated carbocycles. The van der Waals surface area contributed by atoms with Crippen molar-refractivity contribution in [1.82, 2.24) is 5.32 Å². The molecule has 1 aliphatic carbocycles. The minimum atomic E-state index is 0.688. The SMILES string of the molecule is Cc1oc2ccccc2c1CNC1CCC(C)C1. The van der Waals surface area contributed by atoms with Gasteiger partial charge in [0.05, 0.1) is 0 Å². The van der Waals surface area contributed by atoms with Gasteiger partial charge >= 0.3 is 0 Å². The lowest BCUT2D eigenvalue weighted by Crippen LogP contribution is -2.25. The number of nitrogens with one attached hydrogen (secondary N) is 1. The molecule has 2 heteroatoms. The van der Waals surface area contributed by atoms with Crippen molar-refractivity contribution in [3.63, 3.8) is 0 Å². The Bertz CT molecular complexity index is 543. The van der Waals surface area contributed by atoms with Crippen LogP contribution in [0.2, 0.25) is 0 Å². The average molecular weight is 243 g/mol. The van der Waals surface area contributed by atoms with E-state index < -0.39 is 0 Å². The Hall–Kier alpha value is -1.28. The van der Waals surface area contributed by atoms with E-state index in [1.54, 1.807) is 0 Å². The minimum Gasteiger partial charge on any atom is -0.461 e. The smallest absolute Gasteiger partial charge is 0.134 e. The fourth-order valence-corrected chi connectivity index (χ4v) is 3.08. The topological polar surface area (TPSA) is 25.2 Å². The lowest BCUT2D eigenvalue weighted by Gasteiger charge is -2.12. The third kappa shape index (κ3) is 2.17. The molecule has 0 amide bonds. The van der Waals surface area contributed by atoms with E-state index in [0.717, 1.165) is 23.8 Å². The summed E-state index contributed by atoms with van der Waals surface area (Å²) < 4.78 is 5.80. The maximum Gasteiger partial charge on any atom is 0.134 e. The zero-order chi connectivity index (χ0) is 12.5. The van der Waals surface area contributed by atoms with Crippen LogP contribution in [0, 0.1) is 12.8 Å². The normalized spacial score (nSPS) is 23.9. The van der Waals surface area contributed by atoms with Gasteiger partial charge in [-0.3, -0.25) is 0 Å². The molecule has 2 aromatic rings. The molecule has 2 nitrogen and oxygen atoms in total. The summed E-state index contributed by atoms with van der Waals surface area (Å²) in [6.07, 6.45) is 3.99. The lowest BCUT2D eigenvalue weighted by molar-refractivity contribution is 0.496. The Morgan fingerprint density at radius 3 is 2.89 bits per heavy atom. The van der Waals surface area contributed by atoms with E-state index in [1.807, 2.05) is 12.1 Å². The molecule has 0 saturated heterocycles. The monoisotopic (exact) mass is 243 g/mol. The van der Waals surface area contributed by atoms with Gasteiger partial charge in [-0.15, -0.1) is 0 Å². The average Bonchev–Trinajstić information content (AvgIpc) is 2.90. The standard InChI is InChI=1S/C16H21NO/c1-11-7-8-13(9-11)17-10-15-12(2)18-16-6-4-3-5-14(15)16/h3-6,11,13,17H,7-10H2,1-2H3. The van der Waals surface area contributed by atoms with Gasteiger partial charge in [0, 0.05) is 23.5 Å². The second-order valence-corrected chi connectivity index (χ2v) is 5.63. The fourth-order valence-electron chi connectivity index (χ4n) is 3.08. The van der Waals surface area contributed by atoms with Crippen molar-refractivity contribution in [2.75, 3.05) is 0 Å². The molecule has 1 aliphatic rings. The Morgan fingerprint density at radius 1 is 1.28 bits per heavy atom. The summed E-state index contributed by atoms with van der Waals surface area (Å²) in [5.41, 5.74) is 2.33. The van der Waals surface area contributed by atoms with E-state index in [-0.39, 0.29) is 0 Å². The van der Waals surface area contributed by atoms with Crippen LogP contribution in [0.25, 0.3) is 11.0 Å². The highest BCUT2D eigenvalue weighted by molar-refractivity contribution is 5.82. The van der Waals surface area contributed by atoms with Gasteiger partial charge in [-0.2, -0.15) is 0 Å². The van der Waals surface area contributed by atoms with Crippen molar-refractivity contribution in [2.45, 2.75) is 45.7 Å². The first-order chi connectivity index (χ1) is 8.74. The zero-order valence-corrected chi connectivity index (χ0v) is 11.2. The van der Waals surface area contributed by atoms with Crippen molar-refractivity contribution >= 4 is 11.0 Å². The predicted octanol–water partition coefficient (Wildman–Crippen LogP) is 4.02. The van der Waals surface area contributed by atoms with Crippen molar-refractivity contribution in [1.29, 1.82) is 0 Å². The van der Waals surface area contributed by atoms with Crippen LogP contribution in [-0.4, -0.2) is 6.04 Å². The molecule has 18 heavy (non-hydrogen) atoms. The number of hydrogen-bond donors (Lipinski definition) is 1. The van der Waals surface area contributed by atoms with Crippen molar-refractivity contribution in [3.05, 3.63) is 35.6 Å². The highest BCUT2D eigenvalue weighted by atomic mass is 16.3. The fraction of sp³-hybridized carbons (Fsp3) is 0.500. The van der Waals surface area contributed by atoms with Gasteiger partial charge in [0.2, 0.25) is 0 Å². The van der Waals surface area contributed by atoms with Crippen LogP contribution in [0.5, 0.6) is 0 Å². The molecule has 2 unspecified atom stereocenters. The molecule has 0 bridgehead atoms. The Labute approximate surface area is 108 Å². The van der Waals surface area contributed by atoms with E-state index >= 15 is 0 Å². The van der Waals surface area contributed by atoms with Crippen molar-refractivity contribution < 1.29 is 4.42 Å². The molecule has 2 atom stereocenters. The van der Waals surface area contributed by atoms with Crippen LogP contribution < -0.4 is 5.32 Å². The van der Waals surface area contributed by atoms with Gasteiger partial charge in [-0.05, 0) is 38.2 Å². The maximum atomic E-state index is 5.80. The number of aryl methyl sites for hydroxylation is 1. The summed E-state index contributed by atoms with van der Waals surface area (Å²) in [5, 5.41) is 4.95. The van der Waals surface area contributed by atoms with E-state index in [1.165, 1.54) is 30.2 Å². The molecular formula is C16H21NO. The summed E-state index contributed by atoms with van der Waals surface area (Å²) in [6, 6.07) is 9.00. The van der Waals surface area contributed by atoms with E-state index in [2.05, 4.69) is 31.3 Å². The Morgan fingerprint density at radius 2 is 2.11 bits per heavy atom. The number of para-hydroxylation sites is 1. The highest BCUT2D eigenvalue weighted by Crippen LogP contribution is 2.27. The summed E-state index contributed by atoms with van der Waals surface area (Å²) >= 11 is 0. The summed E-state index contributed by atoms with van der Waals surface area (Å²) in [6.45, 7) is 5.34. The van der Waals surface area contributed by atoms with Gasteiger partial charge in [-0.25, -0.2) is 0 Å². The van der Waals surface area contributed by atoms with E-state index in [9.17, 15) is 0 Å². The molecule has 1 N–H and O–H groups in total. The second kappa shape index (κ2) is 4.77.